The van der Waals surface area contributed by atoms with Gasteiger partial charge in [0.15, 0.2) is 6.61 Å². The second-order valence-corrected chi connectivity index (χ2v) is 6.23. The van der Waals surface area contributed by atoms with Gasteiger partial charge in [-0.25, -0.2) is 0 Å². The van der Waals surface area contributed by atoms with E-state index in [-0.39, 0.29) is 18.4 Å². The molecule has 0 spiro atoms. The Hall–Kier alpha value is -2.53. The zero-order valence-corrected chi connectivity index (χ0v) is 14.4. The quantitative estimate of drug-likeness (QED) is 0.891. The highest BCUT2D eigenvalue weighted by molar-refractivity contribution is 6.32. The Kier molecular flexibility index (Phi) is 5.56. The molecule has 2 amide bonds. The molecule has 1 N–H and O–H groups in total. The van der Waals surface area contributed by atoms with Crippen LogP contribution in [0.4, 0.5) is 5.69 Å². The molecule has 2 aromatic rings. The number of anilines is 1. The van der Waals surface area contributed by atoms with Gasteiger partial charge in [0.05, 0.1) is 5.02 Å². The first kappa shape index (κ1) is 17.3. The number of ether oxygens (including phenoxy) is 1. The van der Waals surface area contributed by atoms with Crippen molar-refractivity contribution in [2.45, 2.75) is 18.9 Å². The van der Waals surface area contributed by atoms with Crippen LogP contribution in [-0.2, 0) is 9.59 Å². The minimum absolute atomic E-state index is 0.140. The van der Waals surface area contributed by atoms with Gasteiger partial charge in [0.2, 0.25) is 5.91 Å². The van der Waals surface area contributed by atoms with Gasteiger partial charge in [0.25, 0.3) is 5.91 Å². The maximum atomic E-state index is 12.5. The topological polar surface area (TPSA) is 58.6 Å². The zero-order chi connectivity index (χ0) is 17.6. The molecule has 0 bridgehead atoms. The van der Waals surface area contributed by atoms with Gasteiger partial charge < -0.3 is 15.0 Å². The van der Waals surface area contributed by atoms with Crippen LogP contribution in [0.2, 0.25) is 5.02 Å². The number of likely N-dealkylation sites (tertiary alicyclic amines) is 1. The molecule has 1 heterocycles. The molecule has 1 aliphatic rings. The van der Waals surface area contributed by atoms with E-state index in [1.165, 1.54) is 0 Å². The van der Waals surface area contributed by atoms with E-state index in [4.69, 9.17) is 16.3 Å². The lowest BCUT2D eigenvalue weighted by atomic mass is 10.2. The molecule has 2 aromatic carbocycles. The molecule has 1 fully saturated rings. The summed E-state index contributed by atoms with van der Waals surface area (Å²) in [4.78, 5) is 26.5. The molecule has 0 radical (unpaired) electrons. The minimum Gasteiger partial charge on any atom is -0.482 e. The van der Waals surface area contributed by atoms with Gasteiger partial charge in [-0.15, -0.1) is 0 Å². The van der Waals surface area contributed by atoms with Crippen LogP contribution in [0.15, 0.2) is 54.6 Å². The van der Waals surface area contributed by atoms with Gasteiger partial charge in [0.1, 0.15) is 11.8 Å². The van der Waals surface area contributed by atoms with E-state index in [1.54, 1.807) is 29.2 Å². The van der Waals surface area contributed by atoms with Crippen LogP contribution in [0.25, 0.3) is 0 Å². The predicted octanol–water partition coefficient (Wildman–Crippen LogP) is 3.35. The summed E-state index contributed by atoms with van der Waals surface area (Å²) in [5, 5.41) is 3.31. The van der Waals surface area contributed by atoms with Crippen LogP contribution in [0.3, 0.4) is 0 Å². The number of carbonyl (C=O) groups excluding carboxylic acids is 2. The number of hydrogen-bond donors (Lipinski definition) is 1. The lowest BCUT2D eigenvalue weighted by molar-refractivity contribution is -0.138. The highest BCUT2D eigenvalue weighted by Crippen LogP contribution is 2.24. The number of amides is 2. The molecular weight excluding hydrogens is 340 g/mol. The van der Waals surface area contributed by atoms with Gasteiger partial charge in [-0.2, -0.15) is 0 Å². The molecule has 1 atom stereocenters. The number of nitrogens with zero attached hydrogens (tertiary/aromatic N) is 1. The average Bonchev–Trinajstić information content (AvgIpc) is 3.12. The Morgan fingerprint density at radius 1 is 1.12 bits per heavy atom. The molecular formula is C19H19ClN2O3. The molecule has 0 aromatic heterocycles. The van der Waals surface area contributed by atoms with Crippen molar-refractivity contribution < 1.29 is 14.3 Å². The van der Waals surface area contributed by atoms with Crippen molar-refractivity contribution in [3.05, 3.63) is 59.6 Å². The standard InChI is InChI=1S/C19H19ClN2O3/c20-15-9-4-5-11-17(15)25-13-18(23)22-12-6-10-16(22)19(24)21-14-7-2-1-3-8-14/h1-5,7-9,11,16H,6,10,12-13H2,(H,21,24)/t16-/m0/s1. The van der Waals surface area contributed by atoms with E-state index < -0.39 is 6.04 Å². The number of carbonyl (C=O) groups is 2. The summed E-state index contributed by atoms with van der Waals surface area (Å²) in [5.41, 5.74) is 0.721. The molecule has 1 aliphatic heterocycles. The van der Waals surface area contributed by atoms with Crippen LogP contribution in [-0.4, -0.2) is 35.9 Å². The zero-order valence-electron chi connectivity index (χ0n) is 13.7. The molecule has 0 unspecified atom stereocenters. The first-order valence-electron chi connectivity index (χ1n) is 8.18. The van der Waals surface area contributed by atoms with Crippen molar-refractivity contribution in [3.8, 4) is 5.75 Å². The summed E-state index contributed by atoms with van der Waals surface area (Å²) in [6.07, 6.45) is 1.45. The first-order chi connectivity index (χ1) is 12.1. The smallest absolute Gasteiger partial charge is 0.261 e. The lowest BCUT2D eigenvalue weighted by Gasteiger charge is -2.24. The molecule has 5 nitrogen and oxygen atoms in total. The number of hydrogen-bond acceptors (Lipinski definition) is 3. The van der Waals surface area contributed by atoms with E-state index in [1.807, 2.05) is 30.3 Å². The summed E-state index contributed by atoms with van der Waals surface area (Å²) in [7, 11) is 0. The fraction of sp³-hybridized carbons (Fsp3) is 0.263. The maximum Gasteiger partial charge on any atom is 0.261 e. The van der Waals surface area contributed by atoms with Crippen molar-refractivity contribution in [1.82, 2.24) is 4.90 Å². The molecule has 130 valence electrons. The summed E-state index contributed by atoms with van der Waals surface area (Å²) >= 11 is 6.02. The van der Waals surface area contributed by atoms with Crippen LogP contribution >= 0.6 is 11.6 Å². The Morgan fingerprint density at radius 2 is 1.84 bits per heavy atom. The highest BCUT2D eigenvalue weighted by atomic mass is 35.5. The second kappa shape index (κ2) is 8.03. The van der Waals surface area contributed by atoms with E-state index in [0.29, 0.717) is 23.7 Å². The highest BCUT2D eigenvalue weighted by Gasteiger charge is 2.34. The third-order valence-corrected chi connectivity index (χ3v) is 4.42. The van der Waals surface area contributed by atoms with E-state index in [9.17, 15) is 9.59 Å². The molecule has 3 rings (SSSR count). The third kappa shape index (κ3) is 4.31. The lowest BCUT2D eigenvalue weighted by Crippen LogP contribution is -2.45. The first-order valence-corrected chi connectivity index (χ1v) is 8.55. The number of benzene rings is 2. The van der Waals surface area contributed by atoms with E-state index >= 15 is 0 Å². The SMILES string of the molecule is O=C(Nc1ccccc1)[C@@H]1CCCN1C(=O)COc1ccccc1Cl. The monoisotopic (exact) mass is 358 g/mol. The van der Waals surface area contributed by atoms with Crippen molar-refractivity contribution >= 4 is 29.1 Å². The summed E-state index contributed by atoms with van der Waals surface area (Å²) < 4.78 is 5.50. The Morgan fingerprint density at radius 3 is 2.60 bits per heavy atom. The average molecular weight is 359 g/mol. The van der Waals surface area contributed by atoms with Crippen molar-refractivity contribution in [1.29, 1.82) is 0 Å². The van der Waals surface area contributed by atoms with Gasteiger partial charge >= 0.3 is 0 Å². The maximum absolute atomic E-state index is 12.5. The Labute approximate surface area is 151 Å². The Balaban J connectivity index is 1.59. The van der Waals surface area contributed by atoms with Gasteiger partial charge in [-0.1, -0.05) is 41.9 Å². The van der Waals surface area contributed by atoms with Crippen LogP contribution < -0.4 is 10.1 Å². The van der Waals surface area contributed by atoms with Crippen LogP contribution in [0.5, 0.6) is 5.75 Å². The molecule has 6 heteroatoms. The summed E-state index contributed by atoms with van der Waals surface area (Å²) in [6, 6.07) is 15.7. The van der Waals surface area contributed by atoms with Crippen molar-refractivity contribution in [3.63, 3.8) is 0 Å². The van der Waals surface area contributed by atoms with Crippen LogP contribution in [0, 0.1) is 0 Å². The second-order valence-electron chi connectivity index (χ2n) is 5.82. The largest absolute Gasteiger partial charge is 0.482 e. The predicted molar refractivity (Wildman–Crippen MR) is 96.8 cm³/mol. The van der Waals surface area contributed by atoms with E-state index in [0.717, 1.165) is 12.1 Å². The third-order valence-electron chi connectivity index (χ3n) is 4.10. The molecule has 1 saturated heterocycles. The number of halogens is 1. The number of para-hydroxylation sites is 2. The fourth-order valence-electron chi connectivity index (χ4n) is 2.87. The minimum atomic E-state index is -0.470. The molecule has 0 aliphatic carbocycles. The van der Waals surface area contributed by atoms with E-state index in [2.05, 4.69) is 5.32 Å². The molecule has 25 heavy (non-hydrogen) atoms. The number of nitrogens with one attached hydrogen (secondary N) is 1. The summed E-state index contributed by atoms with van der Waals surface area (Å²) in [6.45, 7) is 0.413. The van der Waals surface area contributed by atoms with Gasteiger partial charge in [-0.3, -0.25) is 9.59 Å². The van der Waals surface area contributed by atoms with Crippen molar-refractivity contribution in [2.24, 2.45) is 0 Å². The van der Waals surface area contributed by atoms with Gasteiger partial charge in [-0.05, 0) is 37.1 Å². The number of rotatable bonds is 5. The fourth-order valence-corrected chi connectivity index (χ4v) is 3.06. The Bertz CT molecular complexity index is 751. The van der Waals surface area contributed by atoms with Crippen LogP contribution in [0.1, 0.15) is 12.8 Å². The van der Waals surface area contributed by atoms with Crippen molar-refractivity contribution in [2.75, 3.05) is 18.5 Å². The summed E-state index contributed by atoms with van der Waals surface area (Å²) in [5.74, 6) is 0.0717. The van der Waals surface area contributed by atoms with Gasteiger partial charge in [0, 0.05) is 12.2 Å². The normalized spacial score (nSPS) is 16.5. The molecule has 0 saturated carbocycles.